The normalized spacial score (nSPS) is 15.1. The van der Waals surface area contributed by atoms with Crippen molar-refractivity contribution >= 4 is 17.7 Å². The minimum atomic E-state index is -0.564. The van der Waals surface area contributed by atoms with Gasteiger partial charge in [-0.15, -0.1) is 0 Å². The molecule has 18 heavy (non-hydrogen) atoms. The topological polar surface area (TPSA) is 63.7 Å². The summed E-state index contributed by atoms with van der Waals surface area (Å²) in [5.41, 5.74) is 0.307. The van der Waals surface area contributed by atoms with Crippen molar-refractivity contribution in [3.8, 4) is 5.75 Å². The molecule has 94 valence electrons. The van der Waals surface area contributed by atoms with Gasteiger partial charge in [0, 0.05) is 18.4 Å². The number of carbonyl (C=O) groups is 3. The van der Waals surface area contributed by atoms with Gasteiger partial charge in [0.15, 0.2) is 0 Å². The SMILES string of the molecule is CCOc1ccc(C(=O)N2C(=O)CCC2=O)cc1. The molecule has 0 saturated carbocycles. The molecule has 5 heteroatoms. The van der Waals surface area contributed by atoms with Crippen LogP contribution in [0.4, 0.5) is 0 Å². The average molecular weight is 247 g/mol. The molecule has 0 unspecified atom stereocenters. The van der Waals surface area contributed by atoms with E-state index < -0.39 is 17.7 Å². The Balaban J connectivity index is 2.18. The number of hydrogen-bond acceptors (Lipinski definition) is 4. The van der Waals surface area contributed by atoms with Crippen LogP contribution in [0, 0.1) is 0 Å². The first kappa shape index (κ1) is 12.3. The minimum Gasteiger partial charge on any atom is -0.494 e. The Bertz CT molecular complexity index is 476. The molecule has 0 spiro atoms. The fourth-order valence-electron chi connectivity index (χ4n) is 1.79. The molecule has 1 aliphatic heterocycles. The maximum atomic E-state index is 12.0. The summed E-state index contributed by atoms with van der Waals surface area (Å²) in [7, 11) is 0. The van der Waals surface area contributed by atoms with Crippen LogP contribution in [0.5, 0.6) is 5.75 Å². The standard InChI is InChI=1S/C13H13NO4/c1-2-18-10-5-3-9(4-6-10)13(17)14-11(15)7-8-12(14)16/h3-6H,2,7-8H2,1H3. The number of benzene rings is 1. The van der Waals surface area contributed by atoms with Gasteiger partial charge in [-0.25, -0.2) is 4.90 Å². The van der Waals surface area contributed by atoms with Crippen LogP contribution in [0.15, 0.2) is 24.3 Å². The molecule has 0 aromatic heterocycles. The Hall–Kier alpha value is -2.17. The van der Waals surface area contributed by atoms with Crippen molar-refractivity contribution in [3.05, 3.63) is 29.8 Å². The number of likely N-dealkylation sites (tertiary alicyclic amines) is 1. The summed E-state index contributed by atoms with van der Waals surface area (Å²) in [5, 5.41) is 0. The number of ether oxygens (including phenoxy) is 1. The van der Waals surface area contributed by atoms with Crippen LogP contribution in [-0.2, 0) is 9.59 Å². The highest BCUT2D eigenvalue weighted by Gasteiger charge is 2.34. The first-order valence-corrected chi connectivity index (χ1v) is 5.76. The quantitative estimate of drug-likeness (QED) is 0.757. The van der Waals surface area contributed by atoms with Gasteiger partial charge in [-0.05, 0) is 31.2 Å². The van der Waals surface area contributed by atoms with Crippen molar-refractivity contribution < 1.29 is 19.1 Å². The third-order valence-corrected chi connectivity index (χ3v) is 2.67. The Morgan fingerprint density at radius 3 is 2.22 bits per heavy atom. The molecular weight excluding hydrogens is 234 g/mol. The Morgan fingerprint density at radius 2 is 1.72 bits per heavy atom. The molecule has 0 bridgehead atoms. The zero-order valence-electron chi connectivity index (χ0n) is 10.0. The third-order valence-electron chi connectivity index (χ3n) is 2.67. The van der Waals surface area contributed by atoms with Gasteiger partial charge in [0.2, 0.25) is 11.8 Å². The second kappa shape index (κ2) is 5.00. The first-order chi connectivity index (χ1) is 8.63. The van der Waals surface area contributed by atoms with E-state index in [2.05, 4.69) is 0 Å². The molecule has 1 heterocycles. The smallest absolute Gasteiger partial charge is 0.267 e. The maximum absolute atomic E-state index is 12.0. The molecule has 0 N–H and O–H groups in total. The number of imide groups is 3. The Kier molecular flexibility index (Phi) is 3.41. The second-order valence-electron chi connectivity index (χ2n) is 3.89. The van der Waals surface area contributed by atoms with Gasteiger partial charge >= 0.3 is 0 Å². The molecule has 0 aliphatic carbocycles. The molecule has 1 aromatic carbocycles. The van der Waals surface area contributed by atoms with Gasteiger partial charge in [-0.1, -0.05) is 0 Å². The van der Waals surface area contributed by atoms with E-state index >= 15 is 0 Å². The van der Waals surface area contributed by atoms with E-state index in [-0.39, 0.29) is 12.8 Å². The van der Waals surface area contributed by atoms with Gasteiger partial charge in [0.25, 0.3) is 5.91 Å². The molecule has 1 fully saturated rings. The van der Waals surface area contributed by atoms with Crippen LogP contribution in [0.1, 0.15) is 30.1 Å². The van der Waals surface area contributed by atoms with E-state index in [1.807, 2.05) is 6.92 Å². The molecule has 2 rings (SSSR count). The number of amides is 3. The van der Waals surface area contributed by atoms with Crippen LogP contribution < -0.4 is 4.74 Å². The van der Waals surface area contributed by atoms with E-state index in [9.17, 15) is 14.4 Å². The van der Waals surface area contributed by atoms with E-state index in [4.69, 9.17) is 4.74 Å². The van der Waals surface area contributed by atoms with Gasteiger partial charge in [-0.2, -0.15) is 0 Å². The Morgan fingerprint density at radius 1 is 1.17 bits per heavy atom. The molecular formula is C13H13NO4. The van der Waals surface area contributed by atoms with Crippen molar-refractivity contribution in [1.29, 1.82) is 0 Å². The van der Waals surface area contributed by atoms with Crippen molar-refractivity contribution in [2.24, 2.45) is 0 Å². The molecule has 1 aliphatic rings. The fraction of sp³-hybridized carbons (Fsp3) is 0.308. The lowest BCUT2D eigenvalue weighted by atomic mass is 10.2. The largest absolute Gasteiger partial charge is 0.494 e. The van der Waals surface area contributed by atoms with Crippen LogP contribution >= 0.6 is 0 Å². The second-order valence-corrected chi connectivity index (χ2v) is 3.89. The summed E-state index contributed by atoms with van der Waals surface area (Å²) in [6, 6.07) is 6.38. The summed E-state index contributed by atoms with van der Waals surface area (Å²) in [6.45, 7) is 2.40. The molecule has 1 saturated heterocycles. The summed E-state index contributed by atoms with van der Waals surface area (Å²) in [4.78, 5) is 35.6. The summed E-state index contributed by atoms with van der Waals surface area (Å²) < 4.78 is 5.25. The van der Waals surface area contributed by atoms with E-state index in [0.29, 0.717) is 17.9 Å². The zero-order chi connectivity index (χ0) is 13.1. The number of rotatable bonds is 3. The van der Waals surface area contributed by atoms with Gasteiger partial charge in [0.1, 0.15) is 5.75 Å². The van der Waals surface area contributed by atoms with Gasteiger partial charge < -0.3 is 4.74 Å². The zero-order valence-corrected chi connectivity index (χ0v) is 10.0. The van der Waals surface area contributed by atoms with Gasteiger partial charge in [-0.3, -0.25) is 14.4 Å². The first-order valence-electron chi connectivity index (χ1n) is 5.76. The summed E-state index contributed by atoms with van der Waals surface area (Å²) in [6.07, 6.45) is 0.225. The van der Waals surface area contributed by atoms with E-state index in [0.717, 1.165) is 4.90 Å². The lowest BCUT2D eigenvalue weighted by Gasteiger charge is -2.12. The van der Waals surface area contributed by atoms with Crippen molar-refractivity contribution in [1.82, 2.24) is 4.90 Å². The third kappa shape index (κ3) is 2.25. The van der Waals surface area contributed by atoms with E-state index in [1.54, 1.807) is 24.3 Å². The molecule has 1 aromatic rings. The van der Waals surface area contributed by atoms with Crippen LogP contribution in [0.25, 0.3) is 0 Å². The number of carbonyl (C=O) groups excluding carboxylic acids is 3. The highest BCUT2D eigenvalue weighted by Crippen LogP contribution is 2.18. The van der Waals surface area contributed by atoms with Crippen LogP contribution in [0.2, 0.25) is 0 Å². The van der Waals surface area contributed by atoms with Crippen LogP contribution in [-0.4, -0.2) is 29.2 Å². The predicted octanol–water partition coefficient (Wildman–Crippen LogP) is 1.37. The minimum absolute atomic E-state index is 0.113. The number of nitrogens with zero attached hydrogens (tertiary/aromatic N) is 1. The number of hydrogen-bond donors (Lipinski definition) is 0. The molecule has 0 radical (unpaired) electrons. The monoisotopic (exact) mass is 247 g/mol. The molecule has 0 atom stereocenters. The molecule has 5 nitrogen and oxygen atoms in total. The van der Waals surface area contributed by atoms with Crippen molar-refractivity contribution in [3.63, 3.8) is 0 Å². The Labute approximate surface area is 104 Å². The average Bonchev–Trinajstić information content (AvgIpc) is 2.70. The summed E-state index contributed by atoms with van der Waals surface area (Å²) in [5.74, 6) is -0.781. The van der Waals surface area contributed by atoms with Crippen LogP contribution in [0.3, 0.4) is 0 Å². The van der Waals surface area contributed by atoms with Crippen molar-refractivity contribution in [2.75, 3.05) is 6.61 Å². The fourth-order valence-corrected chi connectivity index (χ4v) is 1.79. The van der Waals surface area contributed by atoms with E-state index in [1.165, 1.54) is 0 Å². The van der Waals surface area contributed by atoms with Gasteiger partial charge in [0.05, 0.1) is 6.61 Å². The molecule has 3 amide bonds. The predicted molar refractivity (Wildman–Crippen MR) is 63.0 cm³/mol. The van der Waals surface area contributed by atoms with Crippen molar-refractivity contribution in [2.45, 2.75) is 19.8 Å². The lowest BCUT2D eigenvalue weighted by molar-refractivity contribution is -0.134. The lowest BCUT2D eigenvalue weighted by Crippen LogP contribution is -2.35. The maximum Gasteiger partial charge on any atom is 0.267 e. The highest BCUT2D eigenvalue weighted by molar-refractivity contribution is 6.19. The highest BCUT2D eigenvalue weighted by atomic mass is 16.5. The summed E-state index contributed by atoms with van der Waals surface area (Å²) >= 11 is 0.